The van der Waals surface area contributed by atoms with Gasteiger partial charge in [0.25, 0.3) is 0 Å². The van der Waals surface area contributed by atoms with E-state index in [0.29, 0.717) is 12.1 Å². The van der Waals surface area contributed by atoms with Gasteiger partial charge in [-0.05, 0) is 50.9 Å². The summed E-state index contributed by atoms with van der Waals surface area (Å²) < 4.78 is 0. The number of rotatable bonds is 3. The minimum absolute atomic E-state index is 0.0751. The van der Waals surface area contributed by atoms with E-state index >= 15 is 0 Å². The standard InChI is InChI=1S/C13H25NO/c1-2-10-6-8-11(9-7-10)14-12-4-3-5-13(12)15/h10-15H,2-9H2,1H3/t10?,11?,12-,13-/m0/s1. The summed E-state index contributed by atoms with van der Waals surface area (Å²) in [5.74, 6) is 0.969. The maximum Gasteiger partial charge on any atom is 0.0693 e. The van der Waals surface area contributed by atoms with Gasteiger partial charge in [0.05, 0.1) is 6.10 Å². The van der Waals surface area contributed by atoms with Gasteiger partial charge in [0.2, 0.25) is 0 Å². The van der Waals surface area contributed by atoms with Gasteiger partial charge in [0.15, 0.2) is 0 Å². The molecule has 0 unspecified atom stereocenters. The normalized spacial score (nSPS) is 42.0. The lowest BCUT2D eigenvalue weighted by Gasteiger charge is -2.31. The molecule has 0 aromatic heterocycles. The molecule has 2 nitrogen and oxygen atoms in total. The molecule has 2 rings (SSSR count). The average molecular weight is 211 g/mol. The summed E-state index contributed by atoms with van der Waals surface area (Å²) in [5.41, 5.74) is 0. The Morgan fingerprint density at radius 3 is 2.33 bits per heavy atom. The second kappa shape index (κ2) is 5.31. The minimum Gasteiger partial charge on any atom is -0.392 e. The number of aliphatic hydroxyl groups excluding tert-OH is 1. The van der Waals surface area contributed by atoms with Gasteiger partial charge in [0.1, 0.15) is 0 Å². The Labute approximate surface area is 93.5 Å². The van der Waals surface area contributed by atoms with E-state index in [9.17, 15) is 5.11 Å². The first kappa shape index (κ1) is 11.4. The van der Waals surface area contributed by atoms with Crippen LogP contribution in [-0.4, -0.2) is 23.3 Å². The number of hydrogen-bond acceptors (Lipinski definition) is 2. The highest BCUT2D eigenvalue weighted by atomic mass is 16.3. The molecule has 0 heterocycles. The molecule has 15 heavy (non-hydrogen) atoms. The molecule has 0 aliphatic heterocycles. The van der Waals surface area contributed by atoms with Crippen molar-refractivity contribution in [2.45, 2.75) is 76.5 Å². The second-order valence-corrected chi connectivity index (χ2v) is 5.40. The fourth-order valence-electron chi connectivity index (χ4n) is 3.17. The summed E-state index contributed by atoms with van der Waals surface area (Å²) in [7, 11) is 0. The van der Waals surface area contributed by atoms with E-state index in [-0.39, 0.29) is 6.10 Å². The molecule has 2 atom stereocenters. The third-order valence-electron chi connectivity index (χ3n) is 4.35. The predicted octanol–water partition coefficient (Wildman–Crippen LogP) is 2.46. The zero-order valence-electron chi connectivity index (χ0n) is 9.91. The van der Waals surface area contributed by atoms with E-state index < -0.39 is 0 Å². The maximum absolute atomic E-state index is 9.76. The van der Waals surface area contributed by atoms with Crippen LogP contribution in [0.25, 0.3) is 0 Å². The van der Waals surface area contributed by atoms with Crippen LogP contribution >= 0.6 is 0 Å². The van der Waals surface area contributed by atoms with Crippen LogP contribution in [0.3, 0.4) is 0 Å². The molecule has 2 N–H and O–H groups in total. The smallest absolute Gasteiger partial charge is 0.0693 e. The maximum atomic E-state index is 9.76. The number of hydrogen-bond donors (Lipinski definition) is 2. The van der Waals surface area contributed by atoms with E-state index in [2.05, 4.69) is 12.2 Å². The first-order valence-corrected chi connectivity index (χ1v) is 6.73. The highest BCUT2D eigenvalue weighted by Gasteiger charge is 2.28. The Hall–Kier alpha value is -0.0800. The van der Waals surface area contributed by atoms with Crippen LogP contribution in [0, 0.1) is 5.92 Å². The van der Waals surface area contributed by atoms with Gasteiger partial charge in [-0.15, -0.1) is 0 Å². The number of nitrogens with one attached hydrogen (secondary N) is 1. The summed E-state index contributed by atoms with van der Waals surface area (Å²) in [6.07, 6.45) is 10.1. The average Bonchev–Trinajstić information content (AvgIpc) is 2.66. The van der Waals surface area contributed by atoms with Crippen LogP contribution < -0.4 is 5.32 Å². The summed E-state index contributed by atoms with van der Waals surface area (Å²) in [4.78, 5) is 0. The Morgan fingerprint density at radius 1 is 1.07 bits per heavy atom. The largest absolute Gasteiger partial charge is 0.392 e. The van der Waals surface area contributed by atoms with Crippen LogP contribution in [0.2, 0.25) is 0 Å². The first-order valence-electron chi connectivity index (χ1n) is 6.73. The van der Waals surface area contributed by atoms with Crippen molar-refractivity contribution in [1.82, 2.24) is 5.32 Å². The predicted molar refractivity (Wildman–Crippen MR) is 62.8 cm³/mol. The van der Waals surface area contributed by atoms with Crippen molar-refractivity contribution in [1.29, 1.82) is 0 Å². The van der Waals surface area contributed by atoms with Crippen LogP contribution in [0.5, 0.6) is 0 Å². The fourth-order valence-corrected chi connectivity index (χ4v) is 3.17. The van der Waals surface area contributed by atoms with E-state index in [0.717, 1.165) is 12.3 Å². The Morgan fingerprint density at radius 2 is 1.80 bits per heavy atom. The van der Waals surface area contributed by atoms with Gasteiger partial charge in [-0.3, -0.25) is 0 Å². The molecule has 0 amide bonds. The fraction of sp³-hybridized carbons (Fsp3) is 1.00. The summed E-state index contributed by atoms with van der Waals surface area (Å²) in [6.45, 7) is 2.30. The molecule has 0 aromatic carbocycles. The zero-order chi connectivity index (χ0) is 10.7. The summed E-state index contributed by atoms with van der Waals surface area (Å²) in [5, 5.41) is 13.4. The SMILES string of the molecule is CCC1CCC(N[C@H]2CCC[C@@H]2O)CC1. The topological polar surface area (TPSA) is 32.3 Å². The van der Waals surface area contributed by atoms with Crippen LogP contribution in [0.1, 0.15) is 58.3 Å². The van der Waals surface area contributed by atoms with Crippen molar-refractivity contribution in [3.8, 4) is 0 Å². The molecule has 0 saturated heterocycles. The van der Waals surface area contributed by atoms with E-state index in [1.54, 1.807) is 0 Å². The molecule has 0 radical (unpaired) electrons. The zero-order valence-corrected chi connectivity index (χ0v) is 9.91. The molecule has 2 aliphatic rings. The van der Waals surface area contributed by atoms with Crippen molar-refractivity contribution >= 4 is 0 Å². The van der Waals surface area contributed by atoms with Crippen molar-refractivity contribution in [3.05, 3.63) is 0 Å². The first-order chi connectivity index (χ1) is 7.29. The molecule has 2 saturated carbocycles. The lowest BCUT2D eigenvalue weighted by atomic mass is 9.84. The molecule has 88 valence electrons. The van der Waals surface area contributed by atoms with E-state index in [1.807, 2.05) is 0 Å². The van der Waals surface area contributed by atoms with Crippen LogP contribution in [0.4, 0.5) is 0 Å². The molecule has 2 heteroatoms. The van der Waals surface area contributed by atoms with Crippen molar-refractivity contribution in [2.75, 3.05) is 0 Å². The summed E-state index contributed by atoms with van der Waals surface area (Å²) >= 11 is 0. The minimum atomic E-state index is -0.0751. The lowest BCUT2D eigenvalue weighted by Crippen LogP contribution is -2.44. The quantitative estimate of drug-likeness (QED) is 0.751. The number of aliphatic hydroxyl groups is 1. The molecule has 0 bridgehead atoms. The summed E-state index contributed by atoms with van der Waals surface area (Å²) in [6, 6.07) is 1.08. The Kier molecular flexibility index (Phi) is 4.04. The molecule has 0 spiro atoms. The van der Waals surface area contributed by atoms with Gasteiger partial charge in [-0.2, -0.15) is 0 Å². The van der Waals surface area contributed by atoms with Gasteiger partial charge >= 0.3 is 0 Å². The molecular formula is C13H25NO. The van der Waals surface area contributed by atoms with Crippen LogP contribution in [-0.2, 0) is 0 Å². The lowest BCUT2D eigenvalue weighted by molar-refractivity contribution is 0.134. The van der Waals surface area contributed by atoms with Crippen molar-refractivity contribution < 1.29 is 5.11 Å². The van der Waals surface area contributed by atoms with Crippen LogP contribution in [0.15, 0.2) is 0 Å². The third-order valence-corrected chi connectivity index (χ3v) is 4.35. The highest BCUT2D eigenvalue weighted by molar-refractivity contribution is 4.87. The van der Waals surface area contributed by atoms with E-state index in [1.165, 1.54) is 44.9 Å². The molecule has 2 fully saturated rings. The highest BCUT2D eigenvalue weighted by Crippen LogP contribution is 2.28. The Bertz CT molecular complexity index is 187. The van der Waals surface area contributed by atoms with Crippen molar-refractivity contribution in [3.63, 3.8) is 0 Å². The molecule has 2 aliphatic carbocycles. The second-order valence-electron chi connectivity index (χ2n) is 5.40. The van der Waals surface area contributed by atoms with Gasteiger partial charge < -0.3 is 10.4 Å². The van der Waals surface area contributed by atoms with E-state index in [4.69, 9.17) is 0 Å². The Balaban J connectivity index is 1.72. The molecule has 0 aromatic rings. The van der Waals surface area contributed by atoms with Gasteiger partial charge in [0, 0.05) is 12.1 Å². The molecular weight excluding hydrogens is 186 g/mol. The monoisotopic (exact) mass is 211 g/mol. The van der Waals surface area contributed by atoms with Gasteiger partial charge in [-0.25, -0.2) is 0 Å². The van der Waals surface area contributed by atoms with Crippen molar-refractivity contribution in [2.24, 2.45) is 5.92 Å². The third kappa shape index (κ3) is 2.94. The van der Waals surface area contributed by atoms with Gasteiger partial charge in [-0.1, -0.05) is 13.3 Å².